The summed E-state index contributed by atoms with van der Waals surface area (Å²) in [7, 11) is 1.12. The van der Waals surface area contributed by atoms with Gasteiger partial charge in [0.25, 0.3) is 11.8 Å². The van der Waals surface area contributed by atoms with Crippen LogP contribution in [0, 0.1) is 5.92 Å². The van der Waals surface area contributed by atoms with E-state index in [9.17, 15) is 22.8 Å². The predicted octanol–water partition coefficient (Wildman–Crippen LogP) is 1.67. The van der Waals surface area contributed by atoms with Crippen molar-refractivity contribution in [2.24, 2.45) is 5.92 Å². The van der Waals surface area contributed by atoms with Crippen molar-refractivity contribution in [3.05, 3.63) is 59.2 Å². The van der Waals surface area contributed by atoms with Crippen LogP contribution in [0.5, 0.6) is 0 Å². The van der Waals surface area contributed by atoms with E-state index < -0.39 is 30.6 Å². The zero-order valence-electron chi connectivity index (χ0n) is 17.2. The SMILES string of the molecule is COCC(NC(=O)C1=CC=C2C(=C(C(=O)Nc3ccccn3)N1)[C@@H]1CCN2C1)C(F)(F)F. The number of fused-ring (bicyclic) bond motifs is 5. The molecule has 2 fully saturated rings. The molecule has 3 N–H and O–H groups in total. The highest BCUT2D eigenvalue weighted by molar-refractivity contribution is 6.06. The summed E-state index contributed by atoms with van der Waals surface area (Å²) in [6, 6.07) is 2.84. The number of halogens is 3. The average molecular weight is 449 g/mol. The molecule has 3 aliphatic heterocycles. The molecule has 170 valence electrons. The predicted molar refractivity (Wildman–Crippen MR) is 109 cm³/mol. The van der Waals surface area contributed by atoms with Crippen LogP contribution in [0.2, 0.25) is 0 Å². The highest BCUT2D eigenvalue weighted by Crippen LogP contribution is 2.43. The van der Waals surface area contributed by atoms with Crippen molar-refractivity contribution in [1.82, 2.24) is 20.5 Å². The van der Waals surface area contributed by atoms with E-state index in [2.05, 4.69) is 25.3 Å². The van der Waals surface area contributed by atoms with E-state index in [0.717, 1.165) is 37.9 Å². The number of amides is 2. The fraction of sp³-hybridized carbons (Fsp3) is 0.381. The molecular weight excluding hydrogens is 427 g/mol. The summed E-state index contributed by atoms with van der Waals surface area (Å²) in [5.74, 6) is -1.11. The Morgan fingerprint density at radius 3 is 2.81 bits per heavy atom. The Hall–Kier alpha value is -3.34. The van der Waals surface area contributed by atoms with Crippen molar-refractivity contribution in [1.29, 1.82) is 0 Å². The second kappa shape index (κ2) is 8.65. The number of pyridine rings is 1. The maximum Gasteiger partial charge on any atom is 0.410 e. The van der Waals surface area contributed by atoms with E-state index in [1.54, 1.807) is 24.3 Å². The molecule has 8 nitrogen and oxygen atoms in total. The molecule has 2 atom stereocenters. The molecule has 2 bridgehead atoms. The second-order valence-corrected chi connectivity index (χ2v) is 7.67. The summed E-state index contributed by atoms with van der Waals surface area (Å²) in [6.45, 7) is 0.838. The van der Waals surface area contributed by atoms with Gasteiger partial charge in [-0.1, -0.05) is 6.07 Å². The van der Waals surface area contributed by atoms with Crippen LogP contribution < -0.4 is 16.0 Å². The van der Waals surface area contributed by atoms with E-state index in [4.69, 9.17) is 0 Å². The van der Waals surface area contributed by atoms with Gasteiger partial charge in [0.05, 0.1) is 6.61 Å². The number of anilines is 1. The largest absolute Gasteiger partial charge is 0.410 e. The summed E-state index contributed by atoms with van der Waals surface area (Å²) in [5.41, 5.74) is 1.49. The molecule has 2 saturated heterocycles. The zero-order chi connectivity index (χ0) is 22.9. The van der Waals surface area contributed by atoms with Gasteiger partial charge in [0.15, 0.2) is 0 Å². The maximum absolute atomic E-state index is 13.2. The molecule has 1 unspecified atom stereocenters. The number of hydrogen-bond acceptors (Lipinski definition) is 6. The number of ether oxygens (including phenoxy) is 1. The lowest BCUT2D eigenvalue weighted by Crippen LogP contribution is -2.50. The first kappa shape index (κ1) is 21.9. The molecule has 0 aliphatic carbocycles. The highest BCUT2D eigenvalue weighted by atomic mass is 19.4. The molecule has 0 spiro atoms. The minimum Gasteiger partial charge on any atom is -0.382 e. The second-order valence-electron chi connectivity index (χ2n) is 7.67. The molecule has 3 aliphatic rings. The summed E-state index contributed by atoms with van der Waals surface area (Å²) >= 11 is 0. The Morgan fingerprint density at radius 2 is 2.12 bits per heavy atom. The lowest BCUT2D eigenvalue weighted by Gasteiger charge is -2.23. The first-order valence-electron chi connectivity index (χ1n) is 10.1. The Bertz CT molecular complexity index is 1000. The van der Waals surface area contributed by atoms with Crippen molar-refractivity contribution in [3.8, 4) is 0 Å². The normalized spacial score (nSPS) is 20.6. The number of rotatable bonds is 6. The molecule has 2 amide bonds. The Morgan fingerprint density at radius 1 is 1.31 bits per heavy atom. The van der Waals surface area contributed by atoms with Crippen LogP contribution >= 0.6 is 0 Å². The van der Waals surface area contributed by atoms with Gasteiger partial charge in [-0.3, -0.25) is 9.59 Å². The van der Waals surface area contributed by atoms with Gasteiger partial charge in [-0.25, -0.2) is 4.98 Å². The van der Waals surface area contributed by atoms with E-state index in [-0.39, 0.29) is 17.3 Å². The Balaban J connectivity index is 1.62. The van der Waals surface area contributed by atoms with Crippen molar-refractivity contribution in [3.63, 3.8) is 0 Å². The highest BCUT2D eigenvalue weighted by Gasteiger charge is 2.43. The fourth-order valence-corrected chi connectivity index (χ4v) is 4.08. The molecule has 0 saturated carbocycles. The van der Waals surface area contributed by atoms with Crippen LogP contribution in [0.1, 0.15) is 6.42 Å². The third-order valence-corrected chi connectivity index (χ3v) is 5.56. The first-order valence-corrected chi connectivity index (χ1v) is 10.1. The molecule has 1 aromatic heterocycles. The lowest BCUT2D eigenvalue weighted by atomic mass is 9.94. The minimum atomic E-state index is -4.69. The van der Waals surface area contributed by atoms with Gasteiger partial charge in [-0.2, -0.15) is 13.2 Å². The van der Waals surface area contributed by atoms with Gasteiger partial charge in [0.1, 0.15) is 23.3 Å². The van der Waals surface area contributed by atoms with Crippen molar-refractivity contribution in [2.45, 2.75) is 18.6 Å². The summed E-state index contributed by atoms with van der Waals surface area (Å²) in [5, 5.41) is 7.41. The number of aromatic nitrogens is 1. The van der Waals surface area contributed by atoms with E-state index in [0.29, 0.717) is 5.82 Å². The summed E-state index contributed by atoms with van der Waals surface area (Å²) < 4.78 is 44.3. The molecule has 11 heteroatoms. The van der Waals surface area contributed by atoms with Gasteiger partial charge in [0.2, 0.25) is 0 Å². The molecule has 4 rings (SSSR count). The number of nitrogens with zero attached hydrogens (tertiary/aromatic N) is 2. The van der Waals surface area contributed by atoms with Crippen LogP contribution in [-0.4, -0.2) is 60.7 Å². The number of allylic oxidation sites excluding steroid dienone is 3. The van der Waals surface area contributed by atoms with Crippen LogP contribution in [0.15, 0.2) is 59.2 Å². The molecule has 0 radical (unpaired) electrons. The van der Waals surface area contributed by atoms with Crippen molar-refractivity contribution >= 4 is 17.6 Å². The van der Waals surface area contributed by atoms with Crippen molar-refractivity contribution in [2.75, 3.05) is 32.1 Å². The number of alkyl halides is 3. The number of piperidine rings is 1. The number of methoxy groups -OCH3 is 1. The maximum atomic E-state index is 13.2. The molecular formula is C21H22F3N5O3. The van der Waals surface area contributed by atoms with Crippen LogP contribution in [0.4, 0.5) is 19.0 Å². The van der Waals surface area contributed by atoms with E-state index >= 15 is 0 Å². The smallest absolute Gasteiger partial charge is 0.382 e. The lowest BCUT2D eigenvalue weighted by molar-refractivity contribution is -0.169. The van der Waals surface area contributed by atoms with E-state index in [1.165, 1.54) is 12.3 Å². The Labute approximate surface area is 182 Å². The quantitative estimate of drug-likeness (QED) is 0.612. The molecule has 1 aromatic rings. The monoisotopic (exact) mass is 449 g/mol. The number of hydrogen-bond donors (Lipinski definition) is 3. The first-order chi connectivity index (χ1) is 15.3. The van der Waals surface area contributed by atoms with Gasteiger partial charge >= 0.3 is 6.18 Å². The topological polar surface area (TPSA) is 95.6 Å². The zero-order valence-corrected chi connectivity index (χ0v) is 17.2. The van der Waals surface area contributed by atoms with Gasteiger partial charge < -0.3 is 25.6 Å². The number of nitrogens with one attached hydrogen (secondary N) is 3. The van der Waals surface area contributed by atoms with Gasteiger partial charge in [-0.15, -0.1) is 0 Å². The summed E-state index contributed by atoms with van der Waals surface area (Å²) in [6.07, 6.45) is 0.742. The third kappa shape index (κ3) is 4.33. The number of carbonyl (C=O) groups is 2. The third-order valence-electron chi connectivity index (χ3n) is 5.56. The van der Waals surface area contributed by atoms with E-state index in [1.807, 2.05) is 5.32 Å². The van der Waals surface area contributed by atoms with Crippen LogP contribution in [-0.2, 0) is 14.3 Å². The Kier molecular flexibility index (Phi) is 5.92. The molecule has 32 heavy (non-hydrogen) atoms. The average Bonchev–Trinajstić information content (AvgIpc) is 3.29. The van der Waals surface area contributed by atoms with Gasteiger partial charge in [0, 0.05) is 43.6 Å². The standard InChI is InChI=1S/C21H22F3N5O3/c1-32-11-15(21(22,23)24)27-19(30)13-5-6-14-17(12-7-9-29(14)10-12)18(26-13)20(31)28-16-4-2-3-8-25-16/h2-6,8,12,15,26H,7,9-11H2,1H3,(H,27,30)(H,25,28,31)/t12-,15?/m1/s1. The molecule has 4 heterocycles. The van der Waals surface area contributed by atoms with Crippen LogP contribution in [0.3, 0.4) is 0 Å². The van der Waals surface area contributed by atoms with Crippen molar-refractivity contribution < 1.29 is 27.5 Å². The summed E-state index contributed by atoms with van der Waals surface area (Å²) in [4.78, 5) is 32.0. The minimum absolute atomic E-state index is 0.0884. The number of carbonyl (C=O) groups excluding carboxylic acids is 2. The van der Waals surface area contributed by atoms with Crippen LogP contribution in [0.25, 0.3) is 0 Å². The van der Waals surface area contributed by atoms with Gasteiger partial charge in [-0.05, 0) is 30.7 Å². The molecule has 0 aromatic carbocycles. The fourth-order valence-electron chi connectivity index (χ4n) is 4.08.